The third-order valence-corrected chi connectivity index (χ3v) is 4.61. The number of nitrogens with one attached hydrogen (secondary N) is 1. The van der Waals surface area contributed by atoms with Gasteiger partial charge < -0.3 is 16.2 Å². The fourth-order valence-electron chi connectivity index (χ4n) is 2.32. The summed E-state index contributed by atoms with van der Waals surface area (Å²) in [5, 5.41) is 11.6. The molecular formula is C13H26N2O2S. The average molecular weight is 274 g/mol. The van der Waals surface area contributed by atoms with E-state index in [1.807, 2.05) is 0 Å². The molecule has 0 spiro atoms. The van der Waals surface area contributed by atoms with Crippen LogP contribution in [0.4, 0.5) is 0 Å². The van der Waals surface area contributed by atoms with Crippen molar-refractivity contribution in [3.63, 3.8) is 0 Å². The van der Waals surface area contributed by atoms with Gasteiger partial charge in [0.15, 0.2) is 0 Å². The van der Waals surface area contributed by atoms with Crippen LogP contribution in [-0.2, 0) is 4.79 Å². The van der Waals surface area contributed by atoms with Crippen LogP contribution in [0.2, 0.25) is 0 Å². The van der Waals surface area contributed by atoms with Gasteiger partial charge in [0.05, 0.1) is 0 Å². The fraction of sp³-hybridized carbons (Fsp3) is 0.923. The molecule has 1 aliphatic carbocycles. The number of hydrogen-bond acceptors (Lipinski definition) is 4. The van der Waals surface area contributed by atoms with E-state index >= 15 is 0 Å². The topological polar surface area (TPSA) is 75.4 Å². The van der Waals surface area contributed by atoms with Gasteiger partial charge in [0.1, 0.15) is 0 Å². The number of aliphatic hydroxyl groups is 1. The molecule has 1 rings (SSSR count). The molecule has 0 bridgehead atoms. The summed E-state index contributed by atoms with van der Waals surface area (Å²) < 4.78 is 0. The number of aliphatic hydroxyl groups excluding tert-OH is 1. The Morgan fingerprint density at radius 1 is 1.28 bits per heavy atom. The minimum Gasteiger partial charge on any atom is -0.396 e. The standard InChI is InChI=1S/C13H26N2O2S/c14-10-11-2-4-12(5-3-11)13(17)15-6-9-18-8-1-7-16/h11-12,16H,1-10,14H2,(H,15,17). The number of thioether (sulfide) groups is 1. The number of hydrogen-bond donors (Lipinski definition) is 3. The molecule has 0 aromatic heterocycles. The molecule has 4 nitrogen and oxygen atoms in total. The molecule has 18 heavy (non-hydrogen) atoms. The van der Waals surface area contributed by atoms with Crippen molar-refractivity contribution < 1.29 is 9.90 Å². The summed E-state index contributed by atoms with van der Waals surface area (Å²) in [5.74, 6) is 2.95. The highest BCUT2D eigenvalue weighted by atomic mass is 32.2. The third kappa shape index (κ3) is 6.07. The van der Waals surface area contributed by atoms with E-state index in [-0.39, 0.29) is 18.4 Å². The molecule has 0 aromatic rings. The van der Waals surface area contributed by atoms with E-state index in [1.165, 1.54) is 0 Å². The first kappa shape index (κ1) is 15.8. The Morgan fingerprint density at radius 2 is 2.00 bits per heavy atom. The second-order valence-electron chi connectivity index (χ2n) is 4.93. The minimum absolute atomic E-state index is 0.204. The predicted molar refractivity (Wildman–Crippen MR) is 76.5 cm³/mol. The van der Waals surface area contributed by atoms with Crippen LogP contribution in [0, 0.1) is 11.8 Å². The van der Waals surface area contributed by atoms with Crippen molar-refractivity contribution in [1.29, 1.82) is 0 Å². The lowest BCUT2D eigenvalue weighted by molar-refractivity contribution is -0.126. The largest absolute Gasteiger partial charge is 0.396 e. The van der Waals surface area contributed by atoms with Crippen LogP contribution in [0.3, 0.4) is 0 Å². The molecule has 0 radical (unpaired) electrons. The van der Waals surface area contributed by atoms with Gasteiger partial charge in [0.25, 0.3) is 0 Å². The summed E-state index contributed by atoms with van der Waals surface area (Å²) in [6.45, 7) is 1.76. The van der Waals surface area contributed by atoms with Gasteiger partial charge in [-0.3, -0.25) is 4.79 Å². The molecule has 1 amide bonds. The molecule has 0 atom stereocenters. The Bertz CT molecular complexity index is 231. The van der Waals surface area contributed by atoms with Gasteiger partial charge in [0, 0.05) is 24.8 Å². The van der Waals surface area contributed by atoms with E-state index in [1.54, 1.807) is 11.8 Å². The summed E-state index contributed by atoms with van der Waals surface area (Å²) >= 11 is 1.78. The molecule has 4 N–H and O–H groups in total. The first-order valence-electron chi connectivity index (χ1n) is 6.94. The molecule has 5 heteroatoms. The monoisotopic (exact) mass is 274 g/mol. The van der Waals surface area contributed by atoms with E-state index in [4.69, 9.17) is 10.8 Å². The zero-order chi connectivity index (χ0) is 13.2. The summed E-state index contributed by atoms with van der Waals surface area (Å²) in [6, 6.07) is 0. The predicted octanol–water partition coefficient (Wildman–Crippen LogP) is 0.983. The Morgan fingerprint density at radius 3 is 2.61 bits per heavy atom. The quantitative estimate of drug-likeness (QED) is 0.577. The number of amides is 1. The second kappa shape index (κ2) is 9.64. The van der Waals surface area contributed by atoms with E-state index in [0.29, 0.717) is 5.92 Å². The van der Waals surface area contributed by atoms with Crippen molar-refractivity contribution in [2.24, 2.45) is 17.6 Å². The zero-order valence-electron chi connectivity index (χ0n) is 11.1. The molecule has 106 valence electrons. The van der Waals surface area contributed by atoms with Crippen molar-refractivity contribution in [2.45, 2.75) is 32.1 Å². The highest BCUT2D eigenvalue weighted by Gasteiger charge is 2.25. The van der Waals surface area contributed by atoms with Gasteiger partial charge in [-0.1, -0.05) is 0 Å². The maximum atomic E-state index is 11.9. The molecule has 0 heterocycles. The molecular weight excluding hydrogens is 248 g/mol. The van der Waals surface area contributed by atoms with Crippen molar-refractivity contribution in [2.75, 3.05) is 31.2 Å². The highest BCUT2D eigenvalue weighted by molar-refractivity contribution is 7.99. The molecule has 0 aromatic carbocycles. The first-order valence-corrected chi connectivity index (χ1v) is 8.09. The van der Waals surface area contributed by atoms with Gasteiger partial charge in [-0.15, -0.1) is 0 Å². The van der Waals surface area contributed by atoms with Crippen molar-refractivity contribution >= 4 is 17.7 Å². The van der Waals surface area contributed by atoms with Crippen LogP contribution >= 0.6 is 11.8 Å². The molecule has 0 unspecified atom stereocenters. The molecule has 0 saturated heterocycles. The normalized spacial score (nSPS) is 23.9. The smallest absolute Gasteiger partial charge is 0.223 e. The van der Waals surface area contributed by atoms with E-state index < -0.39 is 0 Å². The average Bonchev–Trinajstić information content (AvgIpc) is 2.42. The van der Waals surface area contributed by atoms with Crippen LogP contribution in [0.1, 0.15) is 32.1 Å². The van der Waals surface area contributed by atoms with Gasteiger partial charge in [-0.2, -0.15) is 11.8 Å². The maximum absolute atomic E-state index is 11.9. The lowest BCUT2D eigenvalue weighted by atomic mass is 9.81. The van der Waals surface area contributed by atoms with Crippen LogP contribution in [0.15, 0.2) is 0 Å². The van der Waals surface area contributed by atoms with Gasteiger partial charge in [0.2, 0.25) is 5.91 Å². The van der Waals surface area contributed by atoms with E-state index in [9.17, 15) is 4.79 Å². The first-order chi connectivity index (χ1) is 8.77. The van der Waals surface area contributed by atoms with E-state index in [0.717, 1.165) is 56.7 Å². The second-order valence-corrected chi connectivity index (χ2v) is 6.16. The van der Waals surface area contributed by atoms with Gasteiger partial charge in [-0.25, -0.2) is 0 Å². The Balaban J connectivity index is 2.03. The third-order valence-electron chi connectivity index (χ3n) is 3.54. The van der Waals surface area contributed by atoms with Crippen LogP contribution < -0.4 is 11.1 Å². The molecule has 0 aliphatic heterocycles. The molecule has 1 saturated carbocycles. The lowest BCUT2D eigenvalue weighted by Crippen LogP contribution is -2.35. The molecule has 1 aliphatic rings. The minimum atomic E-state index is 0.204. The van der Waals surface area contributed by atoms with Crippen molar-refractivity contribution in [1.82, 2.24) is 5.32 Å². The molecule has 1 fully saturated rings. The van der Waals surface area contributed by atoms with Crippen LogP contribution in [0.5, 0.6) is 0 Å². The van der Waals surface area contributed by atoms with Crippen LogP contribution in [0.25, 0.3) is 0 Å². The Hall–Kier alpha value is -0.260. The SMILES string of the molecule is NCC1CCC(C(=O)NCCSCCCO)CC1. The fourth-order valence-corrected chi connectivity index (χ4v) is 3.10. The Labute approximate surface area is 114 Å². The number of carbonyl (C=O) groups is 1. The van der Waals surface area contributed by atoms with Crippen molar-refractivity contribution in [3.8, 4) is 0 Å². The summed E-state index contributed by atoms with van der Waals surface area (Å²) in [6.07, 6.45) is 5.01. The Kier molecular flexibility index (Phi) is 8.46. The lowest BCUT2D eigenvalue weighted by Gasteiger charge is -2.26. The number of rotatable bonds is 8. The summed E-state index contributed by atoms with van der Waals surface area (Å²) in [5.41, 5.74) is 5.64. The summed E-state index contributed by atoms with van der Waals surface area (Å²) in [4.78, 5) is 11.9. The number of nitrogens with two attached hydrogens (primary N) is 1. The zero-order valence-corrected chi connectivity index (χ0v) is 11.9. The van der Waals surface area contributed by atoms with Gasteiger partial charge in [-0.05, 0) is 50.3 Å². The van der Waals surface area contributed by atoms with Gasteiger partial charge >= 0.3 is 0 Å². The summed E-state index contributed by atoms with van der Waals surface area (Å²) in [7, 11) is 0. The van der Waals surface area contributed by atoms with Crippen LogP contribution in [-0.4, -0.2) is 42.2 Å². The van der Waals surface area contributed by atoms with Crippen molar-refractivity contribution in [3.05, 3.63) is 0 Å². The number of carbonyl (C=O) groups excluding carboxylic acids is 1. The maximum Gasteiger partial charge on any atom is 0.223 e. The highest BCUT2D eigenvalue weighted by Crippen LogP contribution is 2.28. The van der Waals surface area contributed by atoms with E-state index in [2.05, 4.69) is 5.32 Å².